The van der Waals surface area contributed by atoms with Crippen LogP contribution in [0.2, 0.25) is 5.02 Å². The van der Waals surface area contributed by atoms with Crippen molar-refractivity contribution in [3.8, 4) is 5.69 Å². The quantitative estimate of drug-likeness (QED) is 0.413. The Morgan fingerprint density at radius 2 is 1.94 bits per heavy atom. The van der Waals surface area contributed by atoms with Crippen LogP contribution in [0.5, 0.6) is 0 Å². The number of carboxylic acids is 1. The van der Waals surface area contributed by atoms with Gasteiger partial charge in [-0.05, 0) is 35.9 Å². The highest BCUT2D eigenvalue weighted by Gasteiger charge is 2.18. The first-order valence-corrected chi connectivity index (χ1v) is 10.1. The van der Waals surface area contributed by atoms with Crippen LogP contribution in [0.1, 0.15) is 39.3 Å². The lowest BCUT2D eigenvalue weighted by molar-refractivity contribution is 0.0695. The van der Waals surface area contributed by atoms with Crippen LogP contribution in [0.25, 0.3) is 16.6 Å². The molecule has 9 nitrogen and oxygen atoms in total. The van der Waals surface area contributed by atoms with Crippen LogP contribution in [0, 0.1) is 0 Å². The molecule has 0 aliphatic heterocycles. The topological polar surface area (TPSA) is 130 Å². The number of aromatic carboxylic acids is 1. The lowest BCUT2D eigenvalue weighted by Crippen LogP contribution is -2.25. The fourth-order valence-corrected chi connectivity index (χ4v) is 3.60. The summed E-state index contributed by atoms with van der Waals surface area (Å²) in [7, 11) is 0. The van der Waals surface area contributed by atoms with Gasteiger partial charge in [-0.25, -0.2) is 14.5 Å². The highest BCUT2D eigenvalue weighted by Crippen LogP contribution is 2.22. The summed E-state index contributed by atoms with van der Waals surface area (Å²) in [6.07, 6.45) is 0.585. The molecule has 0 radical (unpaired) electrons. The van der Waals surface area contributed by atoms with Gasteiger partial charge in [-0.2, -0.15) is 0 Å². The van der Waals surface area contributed by atoms with Gasteiger partial charge < -0.3 is 15.4 Å². The zero-order valence-electron chi connectivity index (χ0n) is 16.9. The summed E-state index contributed by atoms with van der Waals surface area (Å²) in [5.74, 6) is -1.18. The Kier molecular flexibility index (Phi) is 5.74. The summed E-state index contributed by atoms with van der Waals surface area (Å²) in [5, 5.41) is 17.0. The normalized spacial score (nSPS) is 10.9. The Morgan fingerprint density at radius 3 is 2.62 bits per heavy atom. The smallest absolute Gasteiger partial charge is 0.341 e. The van der Waals surface area contributed by atoms with Gasteiger partial charge in [0, 0.05) is 23.4 Å². The molecule has 4 rings (SSSR count). The number of aromatic nitrogens is 4. The van der Waals surface area contributed by atoms with Crippen molar-refractivity contribution in [2.45, 2.75) is 19.9 Å². The molecular weight excluding hydrogens is 434 g/mol. The van der Waals surface area contributed by atoms with Crippen LogP contribution in [0.3, 0.4) is 0 Å². The Bertz CT molecular complexity index is 1390. The second-order valence-corrected chi connectivity index (χ2v) is 7.42. The molecule has 0 atom stereocenters. The van der Waals surface area contributed by atoms with Gasteiger partial charge in [0.1, 0.15) is 11.4 Å². The van der Waals surface area contributed by atoms with E-state index in [4.69, 9.17) is 16.7 Å². The molecule has 32 heavy (non-hydrogen) atoms. The van der Waals surface area contributed by atoms with Crippen molar-refractivity contribution in [1.29, 1.82) is 0 Å². The van der Waals surface area contributed by atoms with Gasteiger partial charge in [0.25, 0.3) is 11.5 Å². The summed E-state index contributed by atoms with van der Waals surface area (Å²) >= 11 is 6.16. The molecule has 2 aromatic heterocycles. The van der Waals surface area contributed by atoms with Crippen LogP contribution in [0.15, 0.2) is 53.3 Å². The number of fused-ring (bicyclic) bond motifs is 1. The first kappa shape index (κ1) is 21.3. The molecule has 0 fully saturated rings. The molecule has 162 valence electrons. The van der Waals surface area contributed by atoms with E-state index in [1.807, 2.05) is 37.3 Å². The first-order chi connectivity index (χ1) is 15.4. The number of aromatic amines is 1. The summed E-state index contributed by atoms with van der Waals surface area (Å²) in [4.78, 5) is 43.0. The number of hydrogen-bond donors (Lipinski definition) is 3. The van der Waals surface area contributed by atoms with E-state index in [9.17, 15) is 14.4 Å². The van der Waals surface area contributed by atoms with Gasteiger partial charge in [-0.3, -0.25) is 9.59 Å². The monoisotopic (exact) mass is 451 g/mol. The number of para-hydroxylation sites is 1. The number of pyridine rings is 1. The molecule has 2 aromatic carbocycles. The Morgan fingerprint density at radius 1 is 1.19 bits per heavy atom. The number of rotatable bonds is 6. The number of benzene rings is 2. The molecule has 0 unspecified atom stereocenters. The third-order valence-corrected chi connectivity index (χ3v) is 5.08. The fraction of sp³-hybridized carbons (Fsp3) is 0.136. The summed E-state index contributed by atoms with van der Waals surface area (Å²) in [5.41, 5.74) is 0.576. The first-order valence-electron chi connectivity index (χ1n) is 9.75. The molecule has 2 heterocycles. The SMILES string of the molecule is CCc1nc(C(=O)NCc2cc(Cl)cc3cc(C(=O)O)c(=O)[nH]c23)nn1-c1ccccc1. The van der Waals surface area contributed by atoms with Crippen molar-refractivity contribution in [3.05, 3.63) is 86.7 Å². The van der Waals surface area contributed by atoms with Gasteiger partial charge in [0.2, 0.25) is 5.82 Å². The molecule has 3 N–H and O–H groups in total. The number of hydrogen-bond acceptors (Lipinski definition) is 5. The van der Waals surface area contributed by atoms with Crippen LogP contribution in [-0.4, -0.2) is 36.7 Å². The second-order valence-electron chi connectivity index (χ2n) is 6.98. The zero-order chi connectivity index (χ0) is 22.8. The van der Waals surface area contributed by atoms with Crippen LogP contribution in [0.4, 0.5) is 0 Å². The Hall–Kier alpha value is -3.98. The molecule has 10 heteroatoms. The third kappa shape index (κ3) is 4.10. The van der Waals surface area contributed by atoms with Gasteiger partial charge >= 0.3 is 5.97 Å². The van der Waals surface area contributed by atoms with Crippen molar-refractivity contribution in [2.24, 2.45) is 0 Å². The van der Waals surface area contributed by atoms with Gasteiger partial charge in [-0.1, -0.05) is 36.7 Å². The maximum atomic E-state index is 12.7. The van der Waals surface area contributed by atoms with E-state index in [0.717, 1.165) is 5.69 Å². The predicted octanol–water partition coefficient (Wildman–Crippen LogP) is 2.95. The minimum absolute atomic E-state index is 0.0127. The lowest BCUT2D eigenvalue weighted by atomic mass is 10.1. The molecule has 1 amide bonds. The van der Waals surface area contributed by atoms with E-state index in [1.54, 1.807) is 16.8 Å². The number of amides is 1. The van der Waals surface area contributed by atoms with E-state index in [-0.39, 0.29) is 12.4 Å². The predicted molar refractivity (Wildman–Crippen MR) is 118 cm³/mol. The maximum Gasteiger partial charge on any atom is 0.341 e. The van der Waals surface area contributed by atoms with Crippen molar-refractivity contribution in [2.75, 3.05) is 0 Å². The van der Waals surface area contributed by atoms with Gasteiger partial charge in [0.15, 0.2) is 0 Å². The molecule has 0 spiro atoms. The highest BCUT2D eigenvalue weighted by molar-refractivity contribution is 6.31. The number of carbonyl (C=O) groups excluding carboxylic acids is 1. The highest BCUT2D eigenvalue weighted by atomic mass is 35.5. The van der Waals surface area contributed by atoms with E-state index >= 15 is 0 Å². The number of carboxylic acid groups (broad SMARTS) is 1. The minimum atomic E-state index is -1.34. The average Bonchev–Trinajstić information content (AvgIpc) is 3.22. The lowest BCUT2D eigenvalue weighted by Gasteiger charge is -2.09. The van der Waals surface area contributed by atoms with Crippen molar-refractivity contribution >= 4 is 34.4 Å². The van der Waals surface area contributed by atoms with Gasteiger partial charge in [0.05, 0.1) is 11.2 Å². The molecule has 4 aromatic rings. The fourth-order valence-electron chi connectivity index (χ4n) is 3.35. The van der Waals surface area contributed by atoms with Crippen LogP contribution < -0.4 is 10.9 Å². The largest absolute Gasteiger partial charge is 0.477 e. The summed E-state index contributed by atoms with van der Waals surface area (Å²) < 4.78 is 1.62. The van der Waals surface area contributed by atoms with Crippen molar-refractivity contribution in [1.82, 2.24) is 25.1 Å². The molecule has 0 aliphatic rings. The van der Waals surface area contributed by atoms with Crippen molar-refractivity contribution in [3.63, 3.8) is 0 Å². The molecular formula is C22H18ClN5O4. The van der Waals surface area contributed by atoms with E-state index in [0.29, 0.717) is 33.7 Å². The molecule has 0 saturated carbocycles. The van der Waals surface area contributed by atoms with E-state index in [1.165, 1.54) is 6.07 Å². The second kappa shape index (κ2) is 8.64. The number of nitrogens with zero attached hydrogens (tertiary/aromatic N) is 3. The summed E-state index contributed by atoms with van der Waals surface area (Å²) in [6, 6.07) is 13.8. The standard InChI is InChI=1S/C22H18ClN5O4/c1-2-17-25-19(27-28(17)15-6-4-3-5-7-15)21(30)24-11-13-9-14(23)8-12-10-16(22(31)32)20(29)26-18(12)13/h3-10H,2,11H2,1H3,(H,24,30)(H,26,29)(H,31,32). The number of aryl methyl sites for hydroxylation is 1. The molecule has 0 aliphatic carbocycles. The minimum Gasteiger partial charge on any atom is -0.477 e. The Labute approximate surface area is 186 Å². The van der Waals surface area contributed by atoms with Crippen LogP contribution >= 0.6 is 11.6 Å². The van der Waals surface area contributed by atoms with Crippen LogP contribution in [-0.2, 0) is 13.0 Å². The molecule has 0 bridgehead atoms. The number of nitrogens with one attached hydrogen (secondary N) is 2. The Balaban J connectivity index is 1.62. The third-order valence-electron chi connectivity index (χ3n) is 4.86. The van der Waals surface area contributed by atoms with Crippen molar-refractivity contribution < 1.29 is 14.7 Å². The number of carbonyl (C=O) groups is 2. The van der Waals surface area contributed by atoms with E-state index in [2.05, 4.69) is 20.4 Å². The average molecular weight is 452 g/mol. The number of halogens is 1. The van der Waals surface area contributed by atoms with E-state index < -0.39 is 23.0 Å². The maximum absolute atomic E-state index is 12.7. The number of H-pyrrole nitrogens is 1. The zero-order valence-corrected chi connectivity index (χ0v) is 17.7. The van der Waals surface area contributed by atoms with Gasteiger partial charge in [-0.15, -0.1) is 5.10 Å². The summed E-state index contributed by atoms with van der Waals surface area (Å²) in [6.45, 7) is 1.95. The molecule has 0 saturated heterocycles.